The maximum absolute atomic E-state index is 13.5. The number of hydrogen-bond acceptors (Lipinski definition) is 9. The minimum absolute atomic E-state index is 0.0306. The number of fused-ring (bicyclic) bond motifs is 6. The summed E-state index contributed by atoms with van der Waals surface area (Å²) in [5.74, 6) is -1.34. The van der Waals surface area contributed by atoms with Gasteiger partial charge in [-0.05, 0) is 29.7 Å². The van der Waals surface area contributed by atoms with Crippen LogP contribution < -0.4 is 15.5 Å². The molecule has 4 aromatic rings. The van der Waals surface area contributed by atoms with Crippen molar-refractivity contribution < 1.29 is 43.4 Å². The zero-order valence-electron chi connectivity index (χ0n) is 23.5. The first-order valence-electron chi connectivity index (χ1n) is 14.0. The largest absolute Gasteiger partial charge is 0.507 e. The number of aromatic hydroxyl groups is 2. The van der Waals surface area contributed by atoms with E-state index in [9.17, 15) is 24.6 Å². The van der Waals surface area contributed by atoms with E-state index in [1.807, 2.05) is 30.3 Å². The lowest BCUT2D eigenvalue weighted by Gasteiger charge is -2.48. The summed E-state index contributed by atoms with van der Waals surface area (Å²) in [4.78, 5) is 39.9. The lowest BCUT2D eigenvalue weighted by Crippen LogP contribution is -2.58. The Kier molecular flexibility index (Phi) is 6.64. The monoisotopic (exact) mass is 591 g/mol. The molecule has 1 amide bonds. The average molecular weight is 591 g/mol. The molecule has 3 aliphatic rings. The second kappa shape index (κ2) is 10.5. The summed E-state index contributed by atoms with van der Waals surface area (Å²) in [7, 11) is 0.634. The third-order valence-electron chi connectivity index (χ3n) is 8.36. The first kappa shape index (κ1) is 27.7. The summed E-state index contributed by atoms with van der Waals surface area (Å²) < 4.78 is 23.6. The van der Waals surface area contributed by atoms with Crippen molar-refractivity contribution >= 4 is 35.9 Å². The summed E-state index contributed by atoms with van der Waals surface area (Å²) >= 11 is 0. The second-order valence-corrected chi connectivity index (χ2v) is 11.0. The maximum Gasteiger partial charge on any atom is 0.494 e. The van der Waals surface area contributed by atoms with Gasteiger partial charge in [0.15, 0.2) is 11.6 Å². The minimum Gasteiger partial charge on any atom is -0.507 e. The zero-order valence-corrected chi connectivity index (χ0v) is 23.5. The topological polar surface area (TPSA) is 141 Å². The van der Waals surface area contributed by atoms with Gasteiger partial charge in [0.25, 0.3) is 0 Å². The number of phenolic OH excluding ortho intramolecular Hbond substituents is 2. The van der Waals surface area contributed by atoms with E-state index in [4.69, 9.17) is 18.8 Å². The molecular formula is C33H26BNO9. The Bertz CT molecular complexity index is 1830. The molecule has 44 heavy (non-hydrogen) atoms. The highest BCUT2D eigenvalue weighted by molar-refractivity contribution is 6.61. The van der Waals surface area contributed by atoms with Crippen LogP contribution in [0.5, 0.6) is 17.2 Å². The van der Waals surface area contributed by atoms with E-state index in [1.54, 1.807) is 43.5 Å². The first-order chi connectivity index (χ1) is 21.3. The van der Waals surface area contributed by atoms with Crippen molar-refractivity contribution in [1.82, 2.24) is 0 Å². The summed E-state index contributed by atoms with van der Waals surface area (Å²) in [5.41, 5.74) is 0.162. The van der Waals surface area contributed by atoms with Crippen molar-refractivity contribution in [3.63, 3.8) is 0 Å². The highest BCUT2D eigenvalue weighted by atomic mass is 16.6. The fourth-order valence-electron chi connectivity index (χ4n) is 6.28. The zero-order chi connectivity index (χ0) is 30.6. The molecule has 7 rings (SSSR count). The SMILES string of the molecule is COc1ccc(NC(=O)OC[C@]23Cc4c(O)c5c(c(O)c4[C@H](C2)OB(c2ccccc2)O3)C(=O)c2ccccc2C5=O)cc1. The summed E-state index contributed by atoms with van der Waals surface area (Å²) in [5, 5.41) is 25.8. The number of carbonyl (C=O) groups is 3. The standard InChI is InChI=1S/C33H26BNO9/c1-41-20-13-11-19(12-14-20)35-32(40)42-17-33-15-23-25(24(16-33)43-34(44-33)18-7-3-2-4-8-18)31(39)27-26(30(23)38)28(36)21-9-5-6-10-22(21)29(27)37/h2-14,24,38-39H,15-17H2,1H3,(H,35,40)/t24-,33-/m0/s1. The molecule has 0 saturated carbocycles. The maximum atomic E-state index is 13.5. The van der Waals surface area contributed by atoms with E-state index >= 15 is 0 Å². The van der Waals surface area contributed by atoms with Gasteiger partial charge in [0, 0.05) is 40.8 Å². The average Bonchev–Trinajstić information content (AvgIpc) is 3.05. The number of carbonyl (C=O) groups excluding carboxylic acids is 3. The minimum atomic E-state index is -1.20. The Morgan fingerprint density at radius 1 is 0.932 bits per heavy atom. The van der Waals surface area contributed by atoms with Gasteiger partial charge < -0.3 is 29.0 Å². The van der Waals surface area contributed by atoms with Crippen LogP contribution in [0.4, 0.5) is 10.5 Å². The van der Waals surface area contributed by atoms with Gasteiger partial charge in [-0.15, -0.1) is 0 Å². The van der Waals surface area contributed by atoms with E-state index in [-0.39, 0.29) is 52.8 Å². The predicted molar refractivity (Wildman–Crippen MR) is 159 cm³/mol. The fourth-order valence-corrected chi connectivity index (χ4v) is 6.28. The molecule has 3 N–H and O–H groups in total. The first-order valence-corrected chi connectivity index (χ1v) is 14.0. The molecule has 2 atom stereocenters. The molecule has 1 saturated heterocycles. The van der Waals surface area contributed by atoms with Gasteiger partial charge in [-0.3, -0.25) is 14.9 Å². The lowest BCUT2D eigenvalue weighted by molar-refractivity contribution is -0.0922. The number of ketones is 2. The highest BCUT2D eigenvalue weighted by Gasteiger charge is 2.53. The van der Waals surface area contributed by atoms with Crippen molar-refractivity contribution in [2.45, 2.75) is 24.5 Å². The molecule has 11 heteroatoms. The Labute approximate surface area is 252 Å². The number of rotatable bonds is 5. The van der Waals surface area contributed by atoms with Crippen LogP contribution >= 0.6 is 0 Å². The Morgan fingerprint density at radius 2 is 1.57 bits per heavy atom. The number of phenols is 2. The van der Waals surface area contributed by atoms with Gasteiger partial charge in [0.2, 0.25) is 0 Å². The molecule has 1 fully saturated rings. The molecule has 1 heterocycles. The van der Waals surface area contributed by atoms with Crippen molar-refractivity contribution in [2.75, 3.05) is 19.0 Å². The summed E-state index contributed by atoms with van der Waals surface area (Å²) in [6.07, 6.45) is -1.48. The van der Waals surface area contributed by atoms with Crippen LogP contribution in [0.2, 0.25) is 0 Å². The third kappa shape index (κ3) is 4.48. The number of anilines is 1. The number of hydrogen-bond donors (Lipinski definition) is 3. The number of ether oxygens (including phenoxy) is 2. The van der Waals surface area contributed by atoms with Crippen LogP contribution in [-0.4, -0.2) is 54.3 Å². The molecule has 1 aliphatic heterocycles. The fraction of sp³-hybridized carbons (Fsp3) is 0.182. The van der Waals surface area contributed by atoms with Crippen LogP contribution in [-0.2, 0) is 20.5 Å². The summed E-state index contributed by atoms with van der Waals surface area (Å²) in [6, 6.07) is 22.2. The van der Waals surface area contributed by atoms with Gasteiger partial charge in [0.05, 0.1) is 29.9 Å². The molecule has 2 aliphatic carbocycles. The smallest absolute Gasteiger partial charge is 0.494 e. The van der Waals surface area contributed by atoms with E-state index in [0.717, 1.165) is 0 Å². The van der Waals surface area contributed by atoms with Crippen molar-refractivity contribution in [2.24, 2.45) is 0 Å². The van der Waals surface area contributed by atoms with Gasteiger partial charge in [-0.25, -0.2) is 4.79 Å². The molecule has 4 aromatic carbocycles. The molecule has 2 bridgehead atoms. The van der Waals surface area contributed by atoms with E-state index < -0.39 is 48.0 Å². The number of nitrogens with one attached hydrogen (secondary N) is 1. The molecule has 220 valence electrons. The quantitative estimate of drug-likeness (QED) is 0.202. The van der Waals surface area contributed by atoms with Crippen molar-refractivity contribution in [1.29, 1.82) is 0 Å². The van der Waals surface area contributed by atoms with Crippen molar-refractivity contribution in [3.8, 4) is 17.2 Å². The van der Waals surface area contributed by atoms with E-state index in [1.165, 1.54) is 12.1 Å². The van der Waals surface area contributed by atoms with E-state index in [2.05, 4.69) is 5.32 Å². The summed E-state index contributed by atoms with van der Waals surface area (Å²) in [6.45, 7) is -0.232. The number of amides is 1. The second-order valence-electron chi connectivity index (χ2n) is 11.0. The van der Waals surface area contributed by atoms with Gasteiger partial charge >= 0.3 is 13.2 Å². The third-order valence-corrected chi connectivity index (χ3v) is 8.36. The van der Waals surface area contributed by atoms with E-state index in [0.29, 0.717) is 16.9 Å². The van der Waals surface area contributed by atoms with Crippen LogP contribution in [0.15, 0.2) is 78.9 Å². The Morgan fingerprint density at radius 3 is 2.23 bits per heavy atom. The van der Waals surface area contributed by atoms with Crippen LogP contribution in [0.25, 0.3) is 0 Å². The number of methoxy groups -OCH3 is 1. The highest BCUT2D eigenvalue weighted by Crippen LogP contribution is 2.53. The normalized spacial score (nSPS) is 19.8. The Balaban J connectivity index is 1.26. The molecule has 0 radical (unpaired) electrons. The lowest BCUT2D eigenvalue weighted by atomic mass is 9.68. The molecule has 0 unspecified atom stereocenters. The molecule has 0 aromatic heterocycles. The molecule has 10 nitrogen and oxygen atoms in total. The van der Waals surface area contributed by atoms with Crippen LogP contribution in [0, 0.1) is 0 Å². The van der Waals surface area contributed by atoms with Crippen molar-refractivity contribution in [3.05, 3.63) is 112 Å². The van der Waals surface area contributed by atoms with Crippen LogP contribution in [0.3, 0.4) is 0 Å². The van der Waals surface area contributed by atoms with Crippen LogP contribution in [0.1, 0.15) is 55.5 Å². The van der Waals surface area contributed by atoms with Gasteiger partial charge in [-0.2, -0.15) is 0 Å². The molecular weight excluding hydrogens is 565 g/mol. The Hall–Kier alpha value is -5.13. The predicted octanol–water partition coefficient (Wildman–Crippen LogP) is 4.30. The van der Waals surface area contributed by atoms with Gasteiger partial charge in [-0.1, -0.05) is 54.6 Å². The molecule has 0 spiro atoms. The number of benzene rings is 4. The van der Waals surface area contributed by atoms with Gasteiger partial charge in [0.1, 0.15) is 23.9 Å².